The molecule has 2 saturated carbocycles. The lowest BCUT2D eigenvalue weighted by Crippen LogP contribution is -2.56. The third-order valence-corrected chi connectivity index (χ3v) is 5.68. The predicted molar refractivity (Wildman–Crippen MR) is 78.1 cm³/mol. The fraction of sp³-hybridized carbons (Fsp3) is 0.938. The molecule has 0 radical (unpaired) electrons. The average Bonchev–Trinajstić information content (AvgIpc) is 2.37. The van der Waals surface area contributed by atoms with E-state index in [1.54, 1.807) is 0 Å². The van der Waals surface area contributed by atoms with Gasteiger partial charge in [0.2, 0.25) is 5.91 Å². The highest BCUT2D eigenvalue weighted by atomic mass is 16.5. The fourth-order valence-electron chi connectivity index (χ4n) is 4.64. The van der Waals surface area contributed by atoms with Gasteiger partial charge in [0.1, 0.15) is 0 Å². The summed E-state index contributed by atoms with van der Waals surface area (Å²) >= 11 is 0. The van der Waals surface area contributed by atoms with Crippen molar-refractivity contribution in [2.75, 3.05) is 13.2 Å². The van der Waals surface area contributed by atoms with Crippen molar-refractivity contribution in [1.29, 1.82) is 0 Å². The molecule has 4 unspecified atom stereocenters. The van der Waals surface area contributed by atoms with Gasteiger partial charge in [-0.15, -0.1) is 0 Å². The summed E-state index contributed by atoms with van der Waals surface area (Å²) in [6.45, 7) is 5.55. The van der Waals surface area contributed by atoms with Gasteiger partial charge in [-0.1, -0.05) is 6.42 Å². The summed E-state index contributed by atoms with van der Waals surface area (Å²) in [5, 5.41) is 0. The van der Waals surface area contributed by atoms with Crippen LogP contribution in [-0.2, 0) is 9.53 Å². The van der Waals surface area contributed by atoms with Crippen molar-refractivity contribution in [2.45, 2.75) is 64.1 Å². The van der Waals surface area contributed by atoms with E-state index in [4.69, 9.17) is 10.5 Å². The van der Waals surface area contributed by atoms with E-state index in [9.17, 15) is 4.79 Å². The number of fused-ring (bicyclic) bond motifs is 2. The SMILES string of the molecule is CC1COCC(C)N1C(=O)C1CC2CCCC(C1)C2N. The van der Waals surface area contributed by atoms with E-state index in [0.717, 1.165) is 12.8 Å². The molecule has 0 spiro atoms. The molecule has 4 atom stereocenters. The summed E-state index contributed by atoms with van der Waals surface area (Å²) in [4.78, 5) is 15.0. The second-order valence-electron chi connectivity index (χ2n) is 7.18. The Kier molecular flexibility index (Phi) is 4.04. The van der Waals surface area contributed by atoms with Crippen LogP contribution in [0.15, 0.2) is 0 Å². The monoisotopic (exact) mass is 280 g/mol. The normalized spacial score (nSPS) is 45.2. The minimum Gasteiger partial charge on any atom is -0.377 e. The van der Waals surface area contributed by atoms with Gasteiger partial charge in [-0.25, -0.2) is 0 Å². The largest absolute Gasteiger partial charge is 0.377 e. The second kappa shape index (κ2) is 5.64. The molecule has 3 rings (SSSR count). The highest BCUT2D eigenvalue weighted by Crippen LogP contribution is 2.42. The molecule has 20 heavy (non-hydrogen) atoms. The minimum atomic E-state index is 0.202. The molecule has 1 aliphatic heterocycles. The van der Waals surface area contributed by atoms with E-state index in [1.165, 1.54) is 19.3 Å². The quantitative estimate of drug-likeness (QED) is 0.796. The Bertz CT molecular complexity index is 349. The lowest BCUT2D eigenvalue weighted by atomic mass is 9.64. The van der Waals surface area contributed by atoms with E-state index in [1.807, 2.05) is 0 Å². The first-order valence-electron chi connectivity index (χ1n) is 8.23. The molecule has 3 aliphatic rings. The van der Waals surface area contributed by atoms with Gasteiger partial charge in [0.15, 0.2) is 0 Å². The minimum absolute atomic E-state index is 0.202. The van der Waals surface area contributed by atoms with Gasteiger partial charge in [0.05, 0.1) is 25.3 Å². The highest BCUT2D eigenvalue weighted by molar-refractivity contribution is 5.79. The van der Waals surface area contributed by atoms with Gasteiger partial charge >= 0.3 is 0 Å². The van der Waals surface area contributed by atoms with Crippen molar-refractivity contribution in [3.8, 4) is 0 Å². The standard InChI is InChI=1S/C16H28N2O2/c1-10-8-20-9-11(2)18(10)16(19)14-6-12-4-3-5-13(7-14)15(12)17/h10-15H,3-9,17H2,1-2H3. The maximum atomic E-state index is 12.9. The number of nitrogens with two attached hydrogens (primary N) is 1. The summed E-state index contributed by atoms with van der Waals surface area (Å²) < 4.78 is 5.54. The Morgan fingerprint density at radius 3 is 2.20 bits per heavy atom. The summed E-state index contributed by atoms with van der Waals surface area (Å²) in [6.07, 6.45) is 5.75. The number of morpholine rings is 1. The van der Waals surface area contributed by atoms with Crippen LogP contribution in [0.5, 0.6) is 0 Å². The zero-order valence-corrected chi connectivity index (χ0v) is 12.8. The molecule has 0 aromatic heterocycles. The number of carbonyl (C=O) groups is 1. The number of rotatable bonds is 1. The first-order valence-corrected chi connectivity index (χ1v) is 8.23. The molecule has 1 amide bonds. The Morgan fingerprint density at radius 1 is 1.10 bits per heavy atom. The van der Waals surface area contributed by atoms with Crippen LogP contribution in [0.4, 0.5) is 0 Å². The molecule has 1 saturated heterocycles. The maximum Gasteiger partial charge on any atom is 0.226 e. The molecule has 4 heteroatoms. The van der Waals surface area contributed by atoms with Crippen LogP contribution in [0.2, 0.25) is 0 Å². The van der Waals surface area contributed by atoms with E-state index in [2.05, 4.69) is 18.7 Å². The third-order valence-electron chi connectivity index (χ3n) is 5.68. The van der Waals surface area contributed by atoms with Crippen molar-refractivity contribution in [1.82, 2.24) is 4.90 Å². The summed E-state index contributed by atoms with van der Waals surface area (Å²) in [5.74, 6) is 1.71. The smallest absolute Gasteiger partial charge is 0.226 e. The van der Waals surface area contributed by atoms with Crippen LogP contribution < -0.4 is 5.73 Å². The van der Waals surface area contributed by atoms with Crippen molar-refractivity contribution in [3.63, 3.8) is 0 Å². The Hall–Kier alpha value is -0.610. The van der Waals surface area contributed by atoms with Crippen LogP contribution in [0.1, 0.15) is 46.0 Å². The van der Waals surface area contributed by atoms with Crippen LogP contribution in [-0.4, -0.2) is 42.1 Å². The van der Waals surface area contributed by atoms with Crippen molar-refractivity contribution >= 4 is 5.91 Å². The lowest BCUT2D eigenvalue weighted by molar-refractivity contribution is -0.151. The molecule has 1 heterocycles. The summed E-state index contributed by atoms with van der Waals surface area (Å²) in [6, 6.07) is 0.760. The topological polar surface area (TPSA) is 55.6 Å². The lowest BCUT2D eigenvalue weighted by Gasteiger charge is -2.47. The van der Waals surface area contributed by atoms with E-state index in [0.29, 0.717) is 37.0 Å². The molecule has 0 aromatic rings. The average molecular weight is 280 g/mol. The molecule has 2 bridgehead atoms. The molecular formula is C16H28N2O2. The van der Waals surface area contributed by atoms with Crippen molar-refractivity contribution in [3.05, 3.63) is 0 Å². The van der Waals surface area contributed by atoms with Gasteiger partial charge in [0, 0.05) is 12.0 Å². The van der Waals surface area contributed by atoms with Crippen molar-refractivity contribution in [2.24, 2.45) is 23.5 Å². The number of hydrogen-bond donors (Lipinski definition) is 1. The summed E-state index contributed by atoms with van der Waals surface area (Å²) in [7, 11) is 0. The molecular weight excluding hydrogens is 252 g/mol. The van der Waals surface area contributed by atoms with Gasteiger partial charge in [-0.2, -0.15) is 0 Å². The Labute approximate surface area is 122 Å². The number of hydrogen-bond acceptors (Lipinski definition) is 3. The number of amides is 1. The van der Waals surface area contributed by atoms with E-state index < -0.39 is 0 Å². The second-order valence-corrected chi connectivity index (χ2v) is 7.18. The van der Waals surface area contributed by atoms with Gasteiger partial charge in [0.25, 0.3) is 0 Å². The van der Waals surface area contributed by atoms with Crippen LogP contribution in [0, 0.1) is 17.8 Å². The summed E-state index contributed by atoms with van der Waals surface area (Å²) in [5.41, 5.74) is 6.33. The molecule has 114 valence electrons. The highest BCUT2D eigenvalue weighted by Gasteiger charge is 2.43. The van der Waals surface area contributed by atoms with Crippen LogP contribution in [0.25, 0.3) is 0 Å². The van der Waals surface area contributed by atoms with Gasteiger partial charge < -0.3 is 15.4 Å². The molecule has 2 N–H and O–H groups in total. The number of ether oxygens (including phenoxy) is 1. The first-order chi connectivity index (χ1) is 9.58. The third kappa shape index (κ3) is 2.48. The van der Waals surface area contributed by atoms with Crippen molar-refractivity contribution < 1.29 is 9.53 Å². The van der Waals surface area contributed by atoms with Crippen LogP contribution >= 0.6 is 0 Å². The Balaban J connectivity index is 1.71. The van der Waals surface area contributed by atoms with E-state index >= 15 is 0 Å². The fourth-order valence-corrected chi connectivity index (χ4v) is 4.64. The molecule has 0 aromatic carbocycles. The Morgan fingerprint density at radius 2 is 1.65 bits per heavy atom. The zero-order valence-electron chi connectivity index (χ0n) is 12.8. The number of carbonyl (C=O) groups excluding carboxylic acids is 1. The van der Waals surface area contributed by atoms with Gasteiger partial charge in [-0.3, -0.25) is 4.79 Å². The van der Waals surface area contributed by atoms with Gasteiger partial charge in [-0.05, 0) is 51.4 Å². The van der Waals surface area contributed by atoms with E-state index in [-0.39, 0.29) is 18.0 Å². The zero-order chi connectivity index (χ0) is 14.3. The molecule has 2 aliphatic carbocycles. The number of nitrogens with zero attached hydrogens (tertiary/aromatic N) is 1. The molecule has 4 nitrogen and oxygen atoms in total. The maximum absolute atomic E-state index is 12.9. The predicted octanol–water partition coefficient (Wildman–Crippen LogP) is 1.78. The first kappa shape index (κ1) is 14.3. The molecule has 3 fully saturated rings. The van der Waals surface area contributed by atoms with Crippen LogP contribution in [0.3, 0.4) is 0 Å².